The predicted octanol–water partition coefficient (Wildman–Crippen LogP) is 5.93. The fourth-order valence-corrected chi connectivity index (χ4v) is 7.67. The molecule has 4 heterocycles. The number of hydroxylamine groups is 2. The molecule has 0 radical (unpaired) electrons. The minimum Gasteiger partial charge on any atom is -0.343 e. The van der Waals surface area contributed by atoms with Gasteiger partial charge in [0.2, 0.25) is 11.8 Å². The number of carbonyl (C=O) groups excluding carboxylic acids is 8. The number of amides is 6. The van der Waals surface area contributed by atoms with Crippen LogP contribution >= 0.6 is 0 Å². The van der Waals surface area contributed by atoms with Crippen LogP contribution < -0.4 is 0 Å². The molecule has 55 heavy (non-hydrogen) atoms. The maximum Gasteiger partial charge on any atom is 0.342 e. The molecule has 3 saturated heterocycles. The molecule has 4 aliphatic rings. The maximum atomic E-state index is 12.4. The number of hydrogen-bond acceptors (Lipinski definition) is 9. The topological polar surface area (TPSA) is 159 Å². The van der Waals surface area contributed by atoms with Gasteiger partial charge in [-0.1, -0.05) is 60.8 Å². The Morgan fingerprint density at radius 3 is 1.47 bits per heavy atom. The van der Waals surface area contributed by atoms with Crippen LogP contribution in [-0.2, 0) is 43.2 Å². The molecule has 4 aliphatic heterocycles. The fraction of sp³-hybridized carbons (Fsp3) is 0.762. The van der Waals surface area contributed by atoms with Gasteiger partial charge in [-0.25, -0.2) is 4.79 Å². The number of unbranched alkanes of at least 4 members (excludes halogenated alkanes) is 5. The summed E-state index contributed by atoms with van der Waals surface area (Å²) in [6.45, 7) is 16.9. The Kier molecular flexibility index (Phi) is 17.7. The van der Waals surface area contributed by atoms with Gasteiger partial charge in [0.05, 0.1) is 0 Å². The second kappa shape index (κ2) is 21.4. The van der Waals surface area contributed by atoms with Gasteiger partial charge in [-0.3, -0.25) is 38.5 Å². The third kappa shape index (κ3) is 15.3. The molecule has 6 amide bonds. The average molecular weight is 771 g/mol. The smallest absolute Gasteiger partial charge is 0.342 e. The SMILES string of the molecule is CC(C)(C)C1CCN(C(=O)CC(=O)ON2C(=O)CCC2=O)CC1.CC(C)(C)C1CCN(C(=O)CCCCCCC(=O)CCCCCN2C(=O)C=CC2=O)CC1. The van der Waals surface area contributed by atoms with Crippen LogP contribution in [0.15, 0.2) is 12.2 Å². The minimum absolute atomic E-state index is 0.0420. The van der Waals surface area contributed by atoms with Crippen molar-refractivity contribution in [2.45, 2.75) is 151 Å². The Labute approximate surface area is 327 Å². The molecule has 0 atom stereocenters. The van der Waals surface area contributed by atoms with Crippen molar-refractivity contribution in [2.75, 3.05) is 32.7 Å². The van der Waals surface area contributed by atoms with Crippen molar-refractivity contribution in [3.05, 3.63) is 12.2 Å². The quantitative estimate of drug-likeness (QED) is 0.105. The Hall–Kier alpha value is -3.90. The Balaban J connectivity index is 0.000000311. The van der Waals surface area contributed by atoms with Crippen LogP contribution in [0.4, 0.5) is 0 Å². The highest BCUT2D eigenvalue weighted by Gasteiger charge is 2.35. The van der Waals surface area contributed by atoms with Gasteiger partial charge < -0.3 is 14.6 Å². The zero-order chi connectivity index (χ0) is 40.8. The number of carbonyl (C=O) groups is 8. The van der Waals surface area contributed by atoms with E-state index in [1.54, 1.807) is 4.90 Å². The summed E-state index contributed by atoms with van der Waals surface area (Å²) in [5.74, 6) is -0.894. The zero-order valence-corrected chi connectivity index (χ0v) is 34.3. The van der Waals surface area contributed by atoms with Crippen LogP contribution in [0.5, 0.6) is 0 Å². The highest BCUT2D eigenvalue weighted by atomic mass is 16.7. The lowest BCUT2D eigenvalue weighted by Crippen LogP contribution is -2.42. The van der Waals surface area contributed by atoms with E-state index in [1.165, 1.54) is 17.1 Å². The molecule has 0 aromatic carbocycles. The zero-order valence-electron chi connectivity index (χ0n) is 34.3. The number of ketones is 1. The van der Waals surface area contributed by atoms with Crippen LogP contribution in [0.3, 0.4) is 0 Å². The standard InChI is InChI=1S/C26H42N2O4.C16H24N2O5/c1-26(2,3)21-16-19-27(20-17-21)23(30)13-9-5-4-7-11-22(29)12-8-6-10-18-28-24(31)14-15-25(28)32;1-16(2,3)11-6-8-17(9-7-11)14(21)10-15(22)23-18-12(19)4-5-13(18)20/h14-15,21H,4-13,16-20H2,1-3H3;11H,4-10H2,1-3H3. The first-order valence-corrected chi connectivity index (χ1v) is 20.5. The summed E-state index contributed by atoms with van der Waals surface area (Å²) in [6, 6.07) is 0. The lowest BCUT2D eigenvalue weighted by Gasteiger charge is -2.38. The minimum atomic E-state index is -0.864. The molecule has 308 valence electrons. The predicted molar refractivity (Wildman–Crippen MR) is 206 cm³/mol. The number of Topliss-reactive ketones (excluding diaryl/α,β-unsaturated/α-hetero) is 1. The molecule has 13 nitrogen and oxygen atoms in total. The highest BCUT2D eigenvalue weighted by Crippen LogP contribution is 2.35. The first-order valence-electron chi connectivity index (χ1n) is 20.5. The molecular formula is C42H66N4O9. The molecule has 0 unspecified atom stereocenters. The Morgan fingerprint density at radius 2 is 1.02 bits per heavy atom. The lowest BCUT2D eigenvalue weighted by atomic mass is 9.75. The summed E-state index contributed by atoms with van der Waals surface area (Å²) in [5.41, 5.74) is 0.545. The largest absolute Gasteiger partial charge is 0.343 e. The van der Waals surface area contributed by atoms with Crippen molar-refractivity contribution in [2.24, 2.45) is 22.7 Å². The van der Waals surface area contributed by atoms with Crippen molar-refractivity contribution < 1.29 is 43.2 Å². The first-order chi connectivity index (χ1) is 25.9. The van der Waals surface area contributed by atoms with Crippen molar-refractivity contribution >= 4 is 47.2 Å². The maximum absolute atomic E-state index is 12.4. The van der Waals surface area contributed by atoms with Crippen LogP contribution in [0.2, 0.25) is 0 Å². The summed E-state index contributed by atoms with van der Waals surface area (Å²) in [6.07, 6.45) is 14.3. The van der Waals surface area contributed by atoms with Crippen molar-refractivity contribution in [1.82, 2.24) is 19.8 Å². The van der Waals surface area contributed by atoms with Gasteiger partial charge in [0.25, 0.3) is 23.6 Å². The van der Waals surface area contributed by atoms with Crippen LogP contribution in [-0.4, -0.2) is 99.7 Å². The summed E-state index contributed by atoms with van der Waals surface area (Å²) >= 11 is 0. The molecule has 13 heteroatoms. The van der Waals surface area contributed by atoms with E-state index in [0.717, 1.165) is 83.7 Å². The number of piperidine rings is 2. The van der Waals surface area contributed by atoms with Crippen LogP contribution in [0.1, 0.15) is 151 Å². The lowest BCUT2D eigenvalue weighted by molar-refractivity contribution is -0.198. The molecule has 4 rings (SSSR count). The normalized spacial score (nSPS) is 18.6. The average Bonchev–Trinajstić information content (AvgIpc) is 3.62. The Morgan fingerprint density at radius 1 is 0.600 bits per heavy atom. The van der Waals surface area contributed by atoms with Gasteiger partial charge in [0.1, 0.15) is 12.2 Å². The first kappa shape index (κ1) is 45.5. The van der Waals surface area contributed by atoms with Gasteiger partial charge in [-0.2, -0.15) is 0 Å². The second-order valence-corrected chi connectivity index (χ2v) is 17.7. The van der Waals surface area contributed by atoms with E-state index in [4.69, 9.17) is 4.84 Å². The molecule has 0 bridgehead atoms. The number of hydrogen-bond donors (Lipinski definition) is 0. The molecule has 0 spiro atoms. The third-order valence-corrected chi connectivity index (χ3v) is 11.5. The van der Waals surface area contributed by atoms with Gasteiger partial charge in [-0.15, -0.1) is 5.06 Å². The molecule has 0 saturated carbocycles. The summed E-state index contributed by atoms with van der Waals surface area (Å²) in [5, 5.41) is 0.474. The number of imide groups is 2. The second-order valence-electron chi connectivity index (χ2n) is 17.7. The van der Waals surface area contributed by atoms with Crippen molar-refractivity contribution in [1.29, 1.82) is 0 Å². The van der Waals surface area contributed by atoms with Gasteiger partial charge in [0.15, 0.2) is 0 Å². The Bertz CT molecular complexity index is 1380. The van der Waals surface area contributed by atoms with Crippen molar-refractivity contribution in [3.8, 4) is 0 Å². The molecular weight excluding hydrogens is 704 g/mol. The van der Waals surface area contributed by atoms with E-state index in [-0.39, 0.29) is 41.8 Å². The van der Waals surface area contributed by atoms with E-state index in [2.05, 4.69) is 41.5 Å². The molecule has 0 aromatic heterocycles. The molecule has 0 N–H and O–H groups in total. The molecule has 3 fully saturated rings. The summed E-state index contributed by atoms with van der Waals surface area (Å²) < 4.78 is 0. The number of rotatable bonds is 16. The molecule has 0 aromatic rings. The third-order valence-electron chi connectivity index (χ3n) is 11.5. The van der Waals surface area contributed by atoms with E-state index in [0.29, 0.717) is 67.1 Å². The van der Waals surface area contributed by atoms with E-state index < -0.39 is 24.2 Å². The van der Waals surface area contributed by atoms with E-state index in [1.807, 2.05) is 4.90 Å². The monoisotopic (exact) mass is 770 g/mol. The summed E-state index contributed by atoms with van der Waals surface area (Å²) in [4.78, 5) is 104. The van der Waals surface area contributed by atoms with E-state index >= 15 is 0 Å². The van der Waals surface area contributed by atoms with Gasteiger partial charge in [-0.05, 0) is 74.0 Å². The molecule has 0 aliphatic carbocycles. The van der Waals surface area contributed by atoms with Gasteiger partial charge >= 0.3 is 5.97 Å². The number of nitrogens with zero attached hydrogens (tertiary/aromatic N) is 4. The van der Waals surface area contributed by atoms with Crippen LogP contribution in [0.25, 0.3) is 0 Å². The van der Waals surface area contributed by atoms with E-state index in [9.17, 15) is 38.4 Å². The summed E-state index contributed by atoms with van der Waals surface area (Å²) in [7, 11) is 0. The highest BCUT2D eigenvalue weighted by molar-refractivity contribution is 6.12. The fourth-order valence-electron chi connectivity index (χ4n) is 7.67. The van der Waals surface area contributed by atoms with Crippen LogP contribution in [0, 0.1) is 22.7 Å². The van der Waals surface area contributed by atoms with Gasteiger partial charge in [0, 0.05) is 77.0 Å². The van der Waals surface area contributed by atoms with Crippen molar-refractivity contribution in [3.63, 3.8) is 0 Å². The number of likely N-dealkylation sites (tertiary alicyclic amines) is 2.